The van der Waals surface area contributed by atoms with Crippen molar-refractivity contribution in [2.75, 3.05) is 19.7 Å². The van der Waals surface area contributed by atoms with Gasteiger partial charge in [-0.1, -0.05) is 0 Å². The van der Waals surface area contributed by atoms with E-state index in [0.717, 1.165) is 17.3 Å². The summed E-state index contributed by atoms with van der Waals surface area (Å²) in [5, 5.41) is 17.8. The minimum absolute atomic E-state index is 0.361. The van der Waals surface area contributed by atoms with E-state index in [4.69, 9.17) is 15.1 Å². The van der Waals surface area contributed by atoms with Crippen LogP contribution in [0, 0.1) is 17.2 Å². The number of halogens is 1. The molecule has 0 aliphatic carbocycles. The van der Waals surface area contributed by atoms with E-state index in [1.807, 2.05) is 6.07 Å². The van der Waals surface area contributed by atoms with E-state index in [1.165, 1.54) is 4.90 Å². The molecule has 2 rings (SSSR count). The van der Waals surface area contributed by atoms with Crippen LogP contribution in [-0.4, -0.2) is 35.8 Å². The van der Waals surface area contributed by atoms with Crippen molar-refractivity contribution in [3.63, 3.8) is 0 Å². The Hall–Kier alpha value is -1.74. The van der Waals surface area contributed by atoms with Crippen molar-refractivity contribution >= 4 is 22.0 Å². The highest BCUT2D eigenvalue weighted by Gasteiger charge is 2.22. The summed E-state index contributed by atoms with van der Waals surface area (Å²) < 4.78 is 6.45. The molecule has 0 radical (unpaired) electrons. The van der Waals surface area contributed by atoms with E-state index in [0.29, 0.717) is 36.9 Å². The number of ether oxygens (including phenoxy) is 1. The highest BCUT2D eigenvalue weighted by Crippen LogP contribution is 2.24. The third kappa shape index (κ3) is 3.64. The molecule has 5 nitrogen and oxygen atoms in total. The van der Waals surface area contributed by atoms with Gasteiger partial charge in [0.1, 0.15) is 11.8 Å². The lowest BCUT2D eigenvalue weighted by Crippen LogP contribution is -2.38. The second-order valence-corrected chi connectivity index (χ2v) is 5.63. The molecule has 1 amide bonds. The molecule has 20 heavy (non-hydrogen) atoms. The Kier molecular flexibility index (Phi) is 4.85. The van der Waals surface area contributed by atoms with Gasteiger partial charge in [-0.15, -0.1) is 0 Å². The SMILES string of the molecule is N#Cc1cc(OCC2CCN(C(=O)O)CC2)ccc1Br. The van der Waals surface area contributed by atoms with E-state index in [1.54, 1.807) is 12.1 Å². The quantitative estimate of drug-likeness (QED) is 0.918. The third-order valence-corrected chi connectivity index (χ3v) is 4.12. The van der Waals surface area contributed by atoms with E-state index in [9.17, 15) is 4.79 Å². The molecule has 0 spiro atoms. The fourth-order valence-electron chi connectivity index (χ4n) is 2.18. The fourth-order valence-corrected chi connectivity index (χ4v) is 2.52. The summed E-state index contributed by atoms with van der Waals surface area (Å²) in [5.74, 6) is 1.03. The van der Waals surface area contributed by atoms with Crippen molar-refractivity contribution in [3.8, 4) is 11.8 Å². The maximum absolute atomic E-state index is 10.8. The first-order chi connectivity index (χ1) is 9.60. The summed E-state index contributed by atoms with van der Waals surface area (Å²) in [6, 6.07) is 7.41. The lowest BCUT2D eigenvalue weighted by atomic mass is 9.98. The van der Waals surface area contributed by atoms with Gasteiger partial charge in [0.15, 0.2) is 0 Å². The molecule has 0 aromatic heterocycles. The summed E-state index contributed by atoms with van der Waals surface area (Å²) in [5.41, 5.74) is 0.545. The largest absolute Gasteiger partial charge is 0.493 e. The van der Waals surface area contributed by atoms with Crippen LogP contribution in [0.2, 0.25) is 0 Å². The predicted molar refractivity (Wildman–Crippen MR) is 76.7 cm³/mol. The van der Waals surface area contributed by atoms with E-state index in [-0.39, 0.29) is 0 Å². The number of benzene rings is 1. The van der Waals surface area contributed by atoms with Gasteiger partial charge < -0.3 is 14.7 Å². The Morgan fingerprint density at radius 3 is 2.80 bits per heavy atom. The molecule has 0 unspecified atom stereocenters. The molecule has 6 heteroatoms. The lowest BCUT2D eigenvalue weighted by Gasteiger charge is -2.29. The third-order valence-electron chi connectivity index (χ3n) is 3.43. The zero-order valence-electron chi connectivity index (χ0n) is 10.9. The topological polar surface area (TPSA) is 73.6 Å². The Balaban J connectivity index is 1.85. The molecule has 1 aliphatic rings. The molecule has 1 aromatic rings. The van der Waals surface area contributed by atoms with Crippen LogP contribution in [-0.2, 0) is 0 Å². The standard InChI is InChI=1S/C14H15BrN2O3/c15-13-2-1-12(7-11(13)8-16)20-9-10-3-5-17(6-4-10)14(18)19/h1-2,7,10H,3-6,9H2,(H,18,19). The Bertz CT molecular complexity index is 534. The number of nitrogens with zero attached hydrogens (tertiary/aromatic N) is 2. The van der Waals surface area contributed by atoms with Crippen molar-refractivity contribution in [3.05, 3.63) is 28.2 Å². The van der Waals surface area contributed by atoms with Crippen LogP contribution in [0.1, 0.15) is 18.4 Å². The van der Waals surface area contributed by atoms with Crippen LogP contribution in [0.15, 0.2) is 22.7 Å². The molecular formula is C14H15BrN2O3. The zero-order chi connectivity index (χ0) is 14.5. The normalized spacial score (nSPS) is 15.7. The maximum Gasteiger partial charge on any atom is 0.407 e. The molecule has 1 heterocycles. The number of carboxylic acid groups (broad SMARTS) is 1. The second kappa shape index (κ2) is 6.62. The predicted octanol–water partition coefficient (Wildman–Crippen LogP) is 3.09. The van der Waals surface area contributed by atoms with Crippen LogP contribution < -0.4 is 4.74 Å². The average Bonchev–Trinajstić information content (AvgIpc) is 2.46. The Morgan fingerprint density at radius 2 is 2.20 bits per heavy atom. The molecule has 1 N–H and O–H groups in total. The van der Waals surface area contributed by atoms with Crippen molar-refractivity contribution in [2.45, 2.75) is 12.8 Å². The van der Waals surface area contributed by atoms with E-state index in [2.05, 4.69) is 22.0 Å². The molecule has 0 atom stereocenters. The number of carbonyl (C=O) groups is 1. The first-order valence-electron chi connectivity index (χ1n) is 6.40. The van der Waals surface area contributed by atoms with E-state index >= 15 is 0 Å². The number of hydrogen-bond donors (Lipinski definition) is 1. The van der Waals surface area contributed by atoms with Crippen LogP contribution in [0.3, 0.4) is 0 Å². The van der Waals surface area contributed by atoms with Crippen LogP contribution in [0.5, 0.6) is 5.75 Å². The molecule has 1 aliphatic heterocycles. The molecule has 1 saturated heterocycles. The van der Waals surface area contributed by atoms with Gasteiger partial charge in [-0.2, -0.15) is 5.26 Å². The number of hydrogen-bond acceptors (Lipinski definition) is 3. The number of amides is 1. The summed E-state index contributed by atoms with van der Waals surface area (Å²) in [6.07, 6.45) is 0.776. The van der Waals surface area contributed by atoms with Gasteiger partial charge in [0.05, 0.1) is 12.2 Å². The minimum atomic E-state index is -0.851. The zero-order valence-corrected chi connectivity index (χ0v) is 12.5. The van der Waals surface area contributed by atoms with Crippen LogP contribution in [0.25, 0.3) is 0 Å². The monoisotopic (exact) mass is 338 g/mol. The van der Waals surface area contributed by atoms with Gasteiger partial charge in [-0.05, 0) is 52.9 Å². The van der Waals surface area contributed by atoms with Crippen molar-refractivity contribution < 1.29 is 14.6 Å². The lowest BCUT2D eigenvalue weighted by molar-refractivity contribution is 0.111. The van der Waals surface area contributed by atoms with E-state index < -0.39 is 6.09 Å². The molecule has 0 bridgehead atoms. The summed E-state index contributed by atoms with van der Waals surface area (Å²) in [7, 11) is 0. The van der Waals surface area contributed by atoms with Crippen molar-refractivity contribution in [2.24, 2.45) is 5.92 Å². The van der Waals surface area contributed by atoms with Crippen LogP contribution in [0.4, 0.5) is 4.79 Å². The van der Waals surface area contributed by atoms with Crippen molar-refractivity contribution in [1.29, 1.82) is 5.26 Å². The van der Waals surface area contributed by atoms with Crippen LogP contribution >= 0.6 is 15.9 Å². The highest BCUT2D eigenvalue weighted by molar-refractivity contribution is 9.10. The molecule has 0 saturated carbocycles. The fraction of sp³-hybridized carbons (Fsp3) is 0.429. The Morgan fingerprint density at radius 1 is 1.50 bits per heavy atom. The minimum Gasteiger partial charge on any atom is -0.493 e. The number of piperidine rings is 1. The number of nitriles is 1. The van der Waals surface area contributed by atoms with Gasteiger partial charge in [-0.3, -0.25) is 0 Å². The molecule has 1 fully saturated rings. The van der Waals surface area contributed by atoms with Gasteiger partial charge in [0, 0.05) is 17.6 Å². The molecule has 106 valence electrons. The molecular weight excluding hydrogens is 324 g/mol. The summed E-state index contributed by atoms with van der Waals surface area (Å²) in [6.45, 7) is 1.68. The first kappa shape index (κ1) is 14.7. The second-order valence-electron chi connectivity index (χ2n) is 4.78. The van der Waals surface area contributed by atoms with Gasteiger partial charge in [-0.25, -0.2) is 4.79 Å². The summed E-state index contributed by atoms with van der Waals surface area (Å²) >= 11 is 3.30. The number of rotatable bonds is 3. The summed E-state index contributed by atoms with van der Waals surface area (Å²) in [4.78, 5) is 12.2. The Labute approximate surface area is 125 Å². The molecule has 1 aromatic carbocycles. The van der Waals surface area contributed by atoms with Gasteiger partial charge in [0.25, 0.3) is 0 Å². The van der Waals surface area contributed by atoms with Gasteiger partial charge >= 0.3 is 6.09 Å². The maximum atomic E-state index is 10.8. The van der Waals surface area contributed by atoms with Gasteiger partial charge in [0.2, 0.25) is 0 Å². The highest BCUT2D eigenvalue weighted by atomic mass is 79.9. The van der Waals surface area contributed by atoms with Crippen molar-refractivity contribution in [1.82, 2.24) is 4.90 Å². The average molecular weight is 339 g/mol. The number of likely N-dealkylation sites (tertiary alicyclic amines) is 1. The first-order valence-corrected chi connectivity index (χ1v) is 7.19. The smallest absolute Gasteiger partial charge is 0.407 e.